The number of ether oxygens (including phenoxy) is 2. The fourth-order valence-electron chi connectivity index (χ4n) is 11.6. The SMILES string of the molecule is CC/C=C\C/C=C\C/C=C\C/C=C\CCCCCCCCCCCCCCC(=O)OC(COC(=O)CCCCCCCCCCCCCCCCCCCCCCCCCCCCCCC/C=C\CCCCCCCCCC)COP(=O)([O-])OCC[N+](C)(C)C. The van der Waals surface area contributed by atoms with Crippen molar-refractivity contribution in [3.63, 3.8) is 0 Å². The molecule has 0 saturated heterocycles. The van der Waals surface area contributed by atoms with Crippen LogP contribution < -0.4 is 4.89 Å². The smallest absolute Gasteiger partial charge is 0.306 e. The van der Waals surface area contributed by atoms with Crippen LogP contribution in [0, 0.1) is 0 Å². The van der Waals surface area contributed by atoms with Crippen LogP contribution in [0.15, 0.2) is 60.8 Å². The topological polar surface area (TPSA) is 111 Å². The molecule has 2 unspecified atom stereocenters. The number of phosphoric ester groups is 1. The lowest BCUT2D eigenvalue weighted by Gasteiger charge is -2.28. The first-order valence-corrected chi connectivity index (χ1v) is 40.5. The molecule has 0 bridgehead atoms. The average molecular weight is 1290 g/mol. The molecule has 0 amide bonds. The van der Waals surface area contributed by atoms with Gasteiger partial charge < -0.3 is 27.9 Å². The lowest BCUT2D eigenvalue weighted by Crippen LogP contribution is -2.37. The molecule has 0 saturated carbocycles. The van der Waals surface area contributed by atoms with Gasteiger partial charge in [0.05, 0.1) is 27.7 Å². The second-order valence-corrected chi connectivity index (χ2v) is 29.1. The molecule has 0 heterocycles. The number of hydrogen-bond acceptors (Lipinski definition) is 8. The van der Waals surface area contributed by atoms with Gasteiger partial charge in [0.2, 0.25) is 0 Å². The average Bonchev–Trinajstić information content (AvgIpc) is 3.58. The maximum atomic E-state index is 12.9. The van der Waals surface area contributed by atoms with Gasteiger partial charge in [-0.25, -0.2) is 0 Å². The molecule has 0 fully saturated rings. The highest BCUT2D eigenvalue weighted by Gasteiger charge is 2.22. The zero-order valence-electron chi connectivity index (χ0n) is 60.4. The van der Waals surface area contributed by atoms with E-state index >= 15 is 0 Å². The van der Waals surface area contributed by atoms with Crippen LogP contribution in [-0.4, -0.2) is 70.0 Å². The highest BCUT2D eigenvalue weighted by molar-refractivity contribution is 7.45. The van der Waals surface area contributed by atoms with Crippen molar-refractivity contribution in [1.82, 2.24) is 0 Å². The maximum Gasteiger partial charge on any atom is 0.306 e. The van der Waals surface area contributed by atoms with Crippen molar-refractivity contribution in [2.45, 2.75) is 392 Å². The molecule has 0 aliphatic heterocycles. The third kappa shape index (κ3) is 74.7. The maximum absolute atomic E-state index is 12.9. The summed E-state index contributed by atoms with van der Waals surface area (Å²) in [7, 11) is 1.18. The molecule has 0 aromatic heterocycles. The van der Waals surface area contributed by atoms with E-state index in [9.17, 15) is 19.0 Å². The number of esters is 2. The number of carbonyl (C=O) groups excluding carboxylic acids is 2. The molecular formula is C80H150NO8P. The molecule has 0 aromatic rings. The minimum absolute atomic E-state index is 0.0306. The van der Waals surface area contributed by atoms with Gasteiger partial charge in [0.15, 0.2) is 6.10 Å². The lowest BCUT2D eigenvalue weighted by atomic mass is 10.0. The molecule has 0 aromatic carbocycles. The van der Waals surface area contributed by atoms with E-state index in [2.05, 4.69) is 74.6 Å². The van der Waals surface area contributed by atoms with Crippen LogP contribution in [0.2, 0.25) is 0 Å². The van der Waals surface area contributed by atoms with Crippen LogP contribution in [0.5, 0.6) is 0 Å². The fourth-order valence-corrected chi connectivity index (χ4v) is 12.3. The van der Waals surface area contributed by atoms with Crippen molar-refractivity contribution in [3.05, 3.63) is 60.8 Å². The van der Waals surface area contributed by atoms with Crippen LogP contribution in [-0.2, 0) is 32.7 Å². The number of allylic oxidation sites excluding steroid dienone is 10. The van der Waals surface area contributed by atoms with Gasteiger partial charge >= 0.3 is 11.9 Å². The summed E-state index contributed by atoms with van der Waals surface area (Å²) in [6, 6.07) is 0. The van der Waals surface area contributed by atoms with Gasteiger partial charge in [0.25, 0.3) is 7.82 Å². The molecule has 0 spiro atoms. The molecule has 528 valence electrons. The summed E-state index contributed by atoms with van der Waals surface area (Å²) in [6.07, 6.45) is 94.9. The van der Waals surface area contributed by atoms with Gasteiger partial charge in [-0.05, 0) is 77.0 Å². The number of quaternary nitrogens is 1. The van der Waals surface area contributed by atoms with E-state index in [0.717, 1.165) is 64.2 Å². The van der Waals surface area contributed by atoms with Crippen molar-refractivity contribution in [2.24, 2.45) is 0 Å². The third-order valence-electron chi connectivity index (χ3n) is 17.5. The van der Waals surface area contributed by atoms with E-state index in [-0.39, 0.29) is 32.0 Å². The van der Waals surface area contributed by atoms with Gasteiger partial charge in [-0.2, -0.15) is 0 Å². The Morgan fingerprint density at radius 3 is 0.956 bits per heavy atom. The Morgan fingerprint density at radius 2 is 0.633 bits per heavy atom. The van der Waals surface area contributed by atoms with Crippen molar-refractivity contribution in [1.29, 1.82) is 0 Å². The first-order chi connectivity index (χ1) is 44.0. The van der Waals surface area contributed by atoms with E-state index in [1.54, 1.807) is 0 Å². The van der Waals surface area contributed by atoms with Crippen LogP contribution in [0.4, 0.5) is 0 Å². The Hall–Kier alpha value is -2.29. The predicted octanol–water partition coefficient (Wildman–Crippen LogP) is 25.1. The molecule has 9 nitrogen and oxygen atoms in total. The summed E-state index contributed by atoms with van der Waals surface area (Å²) < 4.78 is 34.4. The zero-order chi connectivity index (χ0) is 65.5. The number of likely N-dealkylation sites (N-methyl/N-ethyl adjacent to an activating group) is 1. The monoisotopic (exact) mass is 1280 g/mol. The second kappa shape index (κ2) is 71.0. The Kier molecular flexibility index (Phi) is 69.2. The molecule has 10 heteroatoms. The van der Waals surface area contributed by atoms with Crippen LogP contribution >= 0.6 is 7.82 Å². The van der Waals surface area contributed by atoms with E-state index in [1.165, 1.54) is 289 Å². The number of phosphoric acid groups is 1. The highest BCUT2D eigenvalue weighted by atomic mass is 31.2. The summed E-state index contributed by atoms with van der Waals surface area (Å²) >= 11 is 0. The number of rotatable bonds is 73. The molecule has 90 heavy (non-hydrogen) atoms. The number of carbonyl (C=O) groups is 2. The second-order valence-electron chi connectivity index (χ2n) is 27.7. The minimum Gasteiger partial charge on any atom is -0.756 e. The Morgan fingerprint density at radius 1 is 0.356 bits per heavy atom. The largest absolute Gasteiger partial charge is 0.756 e. The number of unbranched alkanes of at least 4 members (excludes halogenated alkanes) is 49. The van der Waals surface area contributed by atoms with Crippen molar-refractivity contribution in [3.8, 4) is 0 Å². The van der Waals surface area contributed by atoms with Crippen LogP contribution in [0.3, 0.4) is 0 Å². The summed E-state index contributed by atoms with van der Waals surface area (Å²) in [6.45, 7) is 4.18. The van der Waals surface area contributed by atoms with Gasteiger partial charge in [0, 0.05) is 12.8 Å². The Balaban J connectivity index is 3.88. The van der Waals surface area contributed by atoms with E-state index in [1.807, 2.05) is 21.1 Å². The van der Waals surface area contributed by atoms with Gasteiger partial charge in [0.1, 0.15) is 19.8 Å². The molecule has 2 atom stereocenters. The first-order valence-electron chi connectivity index (χ1n) is 39.0. The normalized spacial score (nSPS) is 13.4. The van der Waals surface area contributed by atoms with Crippen molar-refractivity contribution < 1.29 is 42.1 Å². The summed E-state index contributed by atoms with van der Waals surface area (Å²) in [4.78, 5) is 38.1. The summed E-state index contributed by atoms with van der Waals surface area (Å²) in [5.41, 5.74) is 0. The van der Waals surface area contributed by atoms with Crippen LogP contribution in [0.1, 0.15) is 386 Å². The number of nitrogens with zero attached hydrogens (tertiary/aromatic N) is 1. The van der Waals surface area contributed by atoms with Gasteiger partial charge in [-0.15, -0.1) is 0 Å². The fraction of sp³-hybridized carbons (Fsp3) is 0.850. The van der Waals surface area contributed by atoms with Crippen molar-refractivity contribution >= 4 is 19.8 Å². The first kappa shape index (κ1) is 87.7. The lowest BCUT2D eigenvalue weighted by molar-refractivity contribution is -0.870. The molecule has 0 aliphatic carbocycles. The standard InChI is InChI=1S/C80H150NO8P/c1-6-8-10-12-14-16-18-20-22-24-26-28-30-32-33-34-35-36-37-38-39-40-41-42-43-44-45-46-47-49-50-52-54-56-58-60-62-64-66-68-70-72-79(82)86-76-78(77-88-90(84,85)87-75-74-81(3,4)5)89-80(83)73-71-69-67-65-63-61-59-57-55-53-51-48-31-29-27-25-23-21-19-17-15-13-11-9-7-2/h9,11,15,17,21,23-24,26-27,29,78H,6-8,10,12-14,16,18-20,22,25,28,30-77H2,1-5H3/b11-9-,17-15-,23-21-,26-24-,29-27-. The highest BCUT2D eigenvalue weighted by Crippen LogP contribution is 2.38. The molecule has 0 rings (SSSR count). The van der Waals surface area contributed by atoms with Crippen LogP contribution in [0.25, 0.3) is 0 Å². The zero-order valence-corrected chi connectivity index (χ0v) is 61.2. The quantitative estimate of drug-likeness (QED) is 0.0195. The van der Waals surface area contributed by atoms with Gasteiger partial charge in [-0.1, -0.05) is 357 Å². The van der Waals surface area contributed by atoms with Crippen molar-refractivity contribution in [2.75, 3.05) is 47.5 Å². The molecule has 0 N–H and O–H groups in total. The van der Waals surface area contributed by atoms with E-state index in [4.69, 9.17) is 18.5 Å². The molecule has 0 radical (unpaired) electrons. The van der Waals surface area contributed by atoms with Gasteiger partial charge in [-0.3, -0.25) is 14.2 Å². The van der Waals surface area contributed by atoms with E-state index in [0.29, 0.717) is 17.4 Å². The summed E-state index contributed by atoms with van der Waals surface area (Å²) in [5.74, 6) is -0.818. The Bertz CT molecular complexity index is 1700. The Labute approximate surface area is 559 Å². The predicted molar refractivity (Wildman–Crippen MR) is 388 cm³/mol. The third-order valence-corrected chi connectivity index (χ3v) is 18.5. The number of hydrogen-bond donors (Lipinski definition) is 0. The van der Waals surface area contributed by atoms with E-state index < -0.39 is 26.5 Å². The molecular weight excluding hydrogens is 1130 g/mol. The minimum atomic E-state index is -4.64. The molecule has 0 aliphatic rings. The summed E-state index contributed by atoms with van der Waals surface area (Å²) in [5, 5.41) is 0.